The van der Waals surface area contributed by atoms with Gasteiger partial charge >= 0.3 is 6.18 Å². The number of hydrogen-bond donors (Lipinski definition) is 4. The lowest BCUT2D eigenvalue weighted by atomic mass is 10.1. The Balaban J connectivity index is 1.68. The van der Waals surface area contributed by atoms with Gasteiger partial charge in [0, 0.05) is 11.8 Å². The fourth-order valence-electron chi connectivity index (χ4n) is 3.50. The number of halogens is 4. The second kappa shape index (κ2) is 11.2. The van der Waals surface area contributed by atoms with Gasteiger partial charge in [0.05, 0.1) is 22.7 Å². The highest BCUT2D eigenvalue weighted by Crippen LogP contribution is 2.35. The number of nitrogens with one attached hydrogen (secondary N) is 3. The first-order chi connectivity index (χ1) is 18.9. The number of alkyl halides is 3. The van der Waals surface area contributed by atoms with E-state index in [4.69, 9.17) is 10.5 Å². The molecular weight excluding hydrogens is 556 g/mol. The molecule has 0 bridgehead atoms. The van der Waals surface area contributed by atoms with E-state index in [1.54, 1.807) is 0 Å². The van der Waals surface area contributed by atoms with Crippen LogP contribution in [0.3, 0.4) is 0 Å². The van der Waals surface area contributed by atoms with Crippen LogP contribution in [0.15, 0.2) is 60.8 Å². The predicted octanol–water partition coefficient (Wildman–Crippen LogP) is 4.81. The average Bonchev–Trinajstić information content (AvgIpc) is 3.32. The summed E-state index contributed by atoms with van der Waals surface area (Å²) in [6, 6.07) is 11.7. The Bertz CT molecular complexity index is 1620. The van der Waals surface area contributed by atoms with E-state index in [1.165, 1.54) is 49.4 Å². The maximum Gasteiger partial charge on any atom is 0.417 e. The molecule has 210 valence electrons. The number of carbonyl (C=O) groups excluding carboxylic acids is 1. The van der Waals surface area contributed by atoms with Crippen molar-refractivity contribution in [1.82, 2.24) is 15.2 Å². The lowest BCUT2D eigenvalue weighted by Gasteiger charge is -2.15. The summed E-state index contributed by atoms with van der Waals surface area (Å²) in [6.45, 7) is 1.42. The molecule has 2 heterocycles. The van der Waals surface area contributed by atoms with Crippen molar-refractivity contribution in [2.45, 2.75) is 19.7 Å². The van der Waals surface area contributed by atoms with Crippen molar-refractivity contribution < 1.29 is 35.5 Å². The maximum absolute atomic E-state index is 13.3. The molecule has 0 aliphatic rings. The summed E-state index contributed by atoms with van der Waals surface area (Å²) < 4.78 is 84.5. The number of amides is 1. The van der Waals surface area contributed by atoms with Crippen LogP contribution in [0.2, 0.25) is 0 Å². The zero-order chi connectivity index (χ0) is 29.1. The molecule has 10 nitrogen and oxygen atoms in total. The Hall–Kier alpha value is -4.66. The summed E-state index contributed by atoms with van der Waals surface area (Å²) in [6.07, 6.45) is -3.95. The van der Waals surface area contributed by atoms with Crippen LogP contribution >= 0.6 is 0 Å². The van der Waals surface area contributed by atoms with Gasteiger partial charge in [0.1, 0.15) is 29.6 Å². The lowest BCUT2D eigenvalue weighted by molar-refractivity contribution is -0.137. The van der Waals surface area contributed by atoms with Crippen molar-refractivity contribution >= 4 is 33.3 Å². The highest BCUT2D eigenvalue weighted by Gasteiger charge is 2.31. The smallest absolute Gasteiger partial charge is 0.417 e. The Morgan fingerprint density at radius 2 is 1.82 bits per heavy atom. The number of anilines is 3. The van der Waals surface area contributed by atoms with Gasteiger partial charge in [-0.15, -0.1) is 0 Å². The first-order valence-corrected chi connectivity index (χ1v) is 13.2. The average molecular weight is 579 g/mol. The number of aromatic nitrogens is 3. The van der Waals surface area contributed by atoms with Gasteiger partial charge in [0.2, 0.25) is 10.0 Å². The molecule has 4 rings (SSSR count). The third kappa shape index (κ3) is 6.66. The number of carbonyl (C=O) groups is 1. The van der Waals surface area contributed by atoms with Crippen LogP contribution in [0, 0.1) is 5.82 Å². The van der Waals surface area contributed by atoms with Crippen LogP contribution in [-0.4, -0.2) is 35.3 Å². The summed E-state index contributed by atoms with van der Waals surface area (Å²) in [4.78, 5) is 16.1. The Labute approximate surface area is 225 Å². The van der Waals surface area contributed by atoms with E-state index in [1.807, 2.05) is 0 Å². The maximum atomic E-state index is 13.3. The summed E-state index contributed by atoms with van der Waals surface area (Å²) >= 11 is 0. The van der Waals surface area contributed by atoms with Gasteiger partial charge in [-0.3, -0.25) is 14.6 Å². The van der Waals surface area contributed by atoms with Gasteiger partial charge in [-0.1, -0.05) is 18.2 Å². The number of benzene rings is 2. The third-order valence-corrected chi connectivity index (χ3v) is 6.86. The zero-order valence-electron chi connectivity index (χ0n) is 20.7. The van der Waals surface area contributed by atoms with Gasteiger partial charge in [-0.2, -0.15) is 18.3 Å². The zero-order valence-corrected chi connectivity index (χ0v) is 21.5. The van der Waals surface area contributed by atoms with E-state index in [-0.39, 0.29) is 46.7 Å². The van der Waals surface area contributed by atoms with E-state index in [0.717, 1.165) is 12.1 Å². The van der Waals surface area contributed by atoms with Crippen molar-refractivity contribution in [3.05, 3.63) is 83.3 Å². The van der Waals surface area contributed by atoms with Gasteiger partial charge in [-0.05, 0) is 48.9 Å². The third-order valence-electron chi connectivity index (χ3n) is 5.57. The van der Waals surface area contributed by atoms with Crippen molar-refractivity contribution in [2.75, 3.05) is 15.8 Å². The van der Waals surface area contributed by atoms with Crippen LogP contribution in [0.5, 0.6) is 5.75 Å². The number of aromatic amines is 1. The molecule has 0 fully saturated rings. The molecule has 15 heteroatoms. The summed E-state index contributed by atoms with van der Waals surface area (Å²) in [5.41, 5.74) is 5.66. The molecular formula is C25H22F4N6O4S. The number of pyridine rings is 1. The van der Waals surface area contributed by atoms with Crippen molar-refractivity contribution in [3.63, 3.8) is 0 Å². The second-order valence-corrected chi connectivity index (χ2v) is 10.4. The summed E-state index contributed by atoms with van der Waals surface area (Å²) in [5.74, 6) is -1.59. The Morgan fingerprint density at radius 3 is 2.42 bits per heavy atom. The molecule has 5 N–H and O–H groups in total. The molecule has 2 aromatic carbocycles. The molecule has 0 aliphatic heterocycles. The van der Waals surface area contributed by atoms with Crippen LogP contribution in [0.4, 0.5) is 34.9 Å². The number of nitrogens with two attached hydrogens (primary N) is 1. The molecule has 0 aliphatic carbocycles. The van der Waals surface area contributed by atoms with Crippen molar-refractivity contribution in [3.8, 4) is 17.0 Å². The van der Waals surface area contributed by atoms with E-state index in [0.29, 0.717) is 17.3 Å². The molecule has 0 saturated carbocycles. The summed E-state index contributed by atoms with van der Waals surface area (Å²) in [5, 5.41) is 9.34. The molecule has 0 radical (unpaired) electrons. The quantitative estimate of drug-likeness (QED) is 0.197. The molecule has 0 saturated heterocycles. The van der Waals surface area contributed by atoms with E-state index in [2.05, 4.69) is 25.2 Å². The molecule has 1 amide bonds. The largest absolute Gasteiger partial charge is 0.487 e. The highest BCUT2D eigenvalue weighted by molar-refractivity contribution is 7.92. The SMILES string of the molecule is CCS(=O)(=O)Nc1ccc(-c2[nH]nc(Nc3ccc(C(F)(F)F)cn3)c2C(N)=O)cc1OCc1ccc(F)cc1. The Kier molecular flexibility index (Phi) is 7.95. The van der Waals surface area contributed by atoms with Gasteiger partial charge in [-0.25, -0.2) is 17.8 Å². The molecule has 2 aromatic heterocycles. The van der Waals surface area contributed by atoms with E-state index < -0.39 is 33.5 Å². The second-order valence-electron chi connectivity index (χ2n) is 8.37. The van der Waals surface area contributed by atoms with Crippen molar-refractivity contribution in [1.29, 1.82) is 0 Å². The minimum atomic E-state index is -4.57. The van der Waals surface area contributed by atoms with Gasteiger partial charge in [0.15, 0.2) is 5.82 Å². The van der Waals surface area contributed by atoms with Crippen molar-refractivity contribution in [2.24, 2.45) is 5.73 Å². The standard InChI is InChI=1S/C25H22F4N6O4S/c1-2-40(37,38)35-18-9-5-15(11-19(18)39-13-14-3-7-17(26)8-4-14)22-21(23(30)36)24(34-33-22)32-20-10-6-16(12-31-20)25(27,28)29/h3-12,35H,2,13H2,1H3,(H2,30,36)(H2,31,32,33,34). The van der Waals surface area contributed by atoms with Gasteiger partial charge in [0.25, 0.3) is 5.91 Å². The first kappa shape index (κ1) is 28.4. The van der Waals surface area contributed by atoms with Crippen LogP contribution in [-0.2, 0) is 22.8 Å². The van der Waals surface area contributed by atoms with Crippen LogP contribution in [0.1, 0.15) is 28.4 Å². The van der Waals surface area contributed by atoms with Crippen LogP contribution in [0.25, 0.3) is 11.3 Å². The predicted molar refractivity (Wildman–Crippen MR) is 139 cm³/mol. The number of rotatable bonds is 10. The number of ether oxygens (including phenoxy) is 1. The highest BCUT2D eigenvalue weighted by atomic mass is 32.2. The first-order valence-electron chi connectivity index (χ1n) is 11.6. The normalized spacial score (nSPS) is 11.7. The summed E-state index contributed by atoms with van der Waals surface area (Å²) in [7, 11) is -3.69. The molecule has 0 atom stereocenters. The minimum absolute atomic E-state index is 0.0267. The molecule has 0 spiro atoms. The number of nitrogens with zero attached hydrogens (tertiary/aromatic N) is 2. The van der Waals surface area contributed by atoms with E-state index >= 15 is 0 Å². The van der Waals surface area contributed by atoms with Crippen LogP contribution < -0.4 is 20.5 Å². The number of sulfonamides is 1. The Morgan fingerprint density at radius 1 is 1.10 bits per heavy atom. The fourth-order valence-corrected chi connectivity index (χ4v) is 4.15. The molecule has 40 heavy (non-hydrogen) atoms. The number of primary amides is 1. The topological polar surface area (TPSA) is 152 Å². The molecule has 4 aromatic rings. The fraction of sp³-hybridized carbons (Fsp3) is 0.160. The molecule has 0 unspecified atom stereocenters. The monoisotopic (exact) mass is 578 g/mol. The van der Waals surface area contributed by atoms with Gasteiger partial charge < -0.3 is 15.8 Å². The number of H-pyrrole nitrogens is 1. The number of hydrogen-bond acceptors (Lipinski definition) is 7. The minimum Gasteiger partial charge on any atom is -0.487 e. The lowest BCUT2D eigenvalue weighted by Crippen LogP contribution is -2.15. The van der Waals surface area contributed by atoms with E-state index in [9.17, 15) is 30.8 Å².